The molecular weight excluding hydrogens is 298 g/mol. The summed E-state index contributed by atoms with van der Waals surface area (Å²) in [6.07, 6.45) is 3.35. The SMILES string of the molecule is COc1c(Br)cc(C2(N=C=O)CC2)c(OC)c1C. The fourth-order valence-corrected chi connectivity index (χ4v) is 2.94. The average Bonchev–Trinajstić information content (AvgIpc) is 3.10. The molecule has 0 saturated heterocycles. The Morgan fingerprint density at radius 2 is 1.94 bits per heavy atom. The Kier molecular flexibility index (Phi) is 3.46. The molecule has 18 heavy (non-hydrogen) atoms. The molecule has 0 unspecified atom stereocenters. The summed E-state index contributed by atoms with van der Waals surface area (Å²) in [7, 11) is 3.22. The number of methoxy groups -OCH3 is 2. The van der Waals surface area contributed by atoms with Crippen LogP contribution >= 0.6 is 15.9 Å². The van der Waals surface area contributed by atoms with E-state index in [2.05, 4.69) is 20.9 Å². The first-order valence-corrected chi connectivity index (χ1v) is 6.39. The fourth-order valence-electron chi connectivity index (χ4n) is 2.25. The third-order valence-electron chi connectivity index (χ3n) is 3.31. The Bertz CT molecular complexity index is 532. The highest BCUT2D eigenvalue weighted by atomic mass is 79.9. The molecular formula is C13H14BrNO3. The maximum atomic E-state index is 10.6. The van der Waals surface area contributed by atoms with Gasteiger partial charge in [-0.15, -0.1) is 0 Å². The lowest BCUT2D eigenvalue weighted by atomic mass is 10.0. The molecule has 0 N–H and O–H groups in total. The van der Waals surface area contributed by atoms with Crippen molar-refractivity contribution in [1.29, 1.82) is 0 Å². The predicted molar refractivity (Wildman–Crippen MR) is 71.0 cm³/mol. The van der Waals surface area contributed by atoms with E-state index >= 15 is 0 Å². The normalized spacial score (nSPS) is 15.8. The second-order valence-corrected chi connectivity index (χ2v) is 5.19. The summed E-state index contributed by atoms with van der Waals surface area (Å²) in [5.74, 6) is 1.47. The van der Waals surface area contributed by atoms with Crippen molar-refractivity contribution < 1.29 is 14.3 Å². The van der Waals surface area contributed by atoms with Gasteiger partial charge in [-0.25, -0.2) is 4.79 Å². The second kappa shape index (κ2) is 4.75. The molecule has 0 bridgehead atoms. The van der Waals surface area contributed by atoms with Crippen LogP contribution in [-0.4, -0.2) is 20.3 Å². The van der Waals surface area contributed by atoms with Crippen LogP contribution in [0.5, 0.6) is 11.5 Å². The Morgan fingerprint density at radius 3 is 2.39 bits per heavy atom. The molecule has 0 aromatic heterocycles. The van der Waals surface area contributed by atoms with Crippen molar-refractivity contribution in [1.82, 2.24) is 0 Å². The van der Waals surface area contributed by atoms with E-state index in [1.807, 2.05) is 13.0 Å². The zero-order chi connectivity index (χ0) is 13.3. The Labute approximate surface area is 114 Å². The Balaban J connectivity index is 2.65. The van der Waals surface area contributed by atoms with Gasteiger partial charge in [0.15, 0.2) is 0 Å². The zero-order valence-electron chi connectivity index (χ0n) is 10.5. The highest BCUT2D eigenvalue weighted by Crippen LogP contribution is 2.55. The van der Waals surface area contributed by atoms with Crippen LogP contribution in [0.3, 0.4) is 0 Å². The number of halogens is 1. The Morgan fingerprint density at radius 1 is 1.33 bits per heavy atom. The average molecular weight is 312 g/mol. The molecule has 1 aromatic carbocycles. The minimum Gasteiger partial charge on any atom is -0.496 e. The monoisotopic (exact) mass is 311 g/mol. The number of ether oxygens (including phenoxy) is 2. The van der Waals surface area contributed by atoms with Crippen molar-refractivity contribution in [2.45, 2.75) is 25.3 Å². The zero-order valence-corrected chi connectivity index (χ0v) is 12.1. The van der Waals surface area contributed by atoms with Gasteiger partial charge in [0.2, 0.25) is 6.08 Å². The number of rotatable bonds is 4. The van der Waals surface area contributed by atoms with E-state index in [0.717, 1.165) is 39.9 Å². The summed E-state index contributed by atoms with van der Waals surface area (Å²) in [5, 5.41) is 0. The first kappa shape index (κ1) is 13.1. The summed E-state index contributed by atoms with van der Waals surface area (Å²) < 4.78 is 11.6. The van der Waals surface area contributed by atoms with Gasteiger partial charge in [0.05, 0.1) is 18.7 Å². The molecule has 1 aromatic rings. The molecule has 0 spiro atoms. The van der Waals surface area contributed by atoms with Crippen LogP contribution in [-0.2, 0) is 10.3 Å². The molecule has 0 radical (unpaired) electrons. The van der Waals surface area contributed by atoms with Crippen LogP contribution in [0.1, 0.15) is 24.0 Å². The van der Waals surface area contributed by atoms with E-state index in [0.29, 0.717) is 0 Å². The lowest BCUT2D eigenvalue weighted by molar-refractivity contribution is 0.380. The lowest BCUT2D eigenvalue weighted by Crippen LogP contribution is -2.07. The molecule has 1 saturated carbocycles. The third kappa shape index (κ3) is 1.93. The molecule has 5 heteroatoms. The van der Waals surface area contributed by atoms with E-state index in [-0.39, 0.29) is 0 Å². The molecule has 0 amide bonds. The predicted octanol–water partition coefficient (Wildman–Crippen LogP) is 3.10. The highest BCUT2D eigenvalue weighted by molar-refractivity contribution is 9.10. The molecule has 0 aliphatic heterocycles. The summed E-state index contributed by atoms with van der Waals surface area (Å²) in [4.78, 5) is 14.5. The summed E-state index contributed by atoms with van der Waals surface area (Å²) >= 11 is 3.47. The van der Waals surface area contributed by atoms with Crippen LogP contribution < -0.4 is 9.47 Å². The van der Waals surface area contributed by atoms with E-state index < -0.39 is 5.54 Å². The first-order valence-electron chi connectivity index (χ1n) is 5.60. The van der Waals surface area contributed by atoms with Crippen LogP contribution in [0.15, 0.2) is 15.5 Å². The first-order chi connectivity index (χ1) is 8.59. The van der Waals surface area contributed by atoms with Gasteiger partial charge in [0.1, 0.15) is 17.0 Å². The summed E-state index contributed by atoms with van der Waals surface area (Å²) in [5.41, 5.74) is 1.36. The van der Waals surface area contributed by atoms with Crippen molar-refractivity contribution in [3.8, 4) is 11.5 Å². The standard InChI is InChI=1S/C13H14BrNO3/c1-8-11(17-2)9(6-10(14)12(8)18-3)13(4-5-13)15-7-16/h6H,4-5H2,1-3H3. The van der Waals surface area contributed by atoms with Crippen molar-refractivity contribution in [2.75, 3.05) is 14.2 Å². The smallest absolute Gasteiger partial charge is 0.235 e. The van der Waals surface area contributed by atoms with Crippen molar-refractivity contribution in [2.24, 2.45) is 4.99 Å². The van der Waals surface area contributed by atoms with Crippen LogP contribution in [0, 0.1) is 6.92 Å². The van der Waals surface area contributed by atoms with Gasteiger partial charge < -0.3 is 9.47 Å². The minimum absolute atomic E-state index is 0.452. The minimum atomic E-state index is -0.452. The number of nitrogens with zero attached hydrogens (tertiary/aromatic N) is 1. The van der Waals surface area contributed by atoms with E-state index in [1.54, 1.807) is 20.3 Å². The van der Waals surface area contributed by atoms with Gasteiger partial charge in [0.25, 0.3) is 0 Å². The van der Waals surface area contributed by atoms with Crippen molar-refractivity contribution in [3.63, 3.8) is 0 Å². The van der Waals surface area contributed by atoms with Crippen LogP contribution in [0.4, 0.5) is 0 Å². The van der Waals surface area contributed by atoms with Gasteiger partial charge in [-0.2, -0.15) is 4.99 Å². The molecule has 4 nitrogen and oxygen atoms in total. The lowest BCUT2D eigenvalue weighted by Gasteiger charge is -2.19. The van der Waals surface area contributed by atoms with Gasteiger partial charge in [-0.3, -0.25) is 0 Å². The Hall–Kier alpha value is -1.32. The van der Waals surface area contributed by atoms with E-state index in [4.69, 9.17) is 9.47 Å². The quantitative estimate of drug-likeness (QED) is 0.634. The third-order valence-corrected chi connectivity index (χ3v) is 3.90. The number of isocyanates is 1. The molecule has 1 fully saturated rings. The number of benzene rings is 1. The summed E-state index contributed by atoms with van der Waals surface area (Å²) in [6, 6.07) is 1.92. The van der Waals surface area contributed by atoms with Gasteiger partial charge in [-0.1, -0.05) is 0 Å². The molecule has 0 atom stereocenters. The van der Waals surface area contributed by atoms with Crippen LogP contribution in [0.25, 0.3) is 0 Å². The van der Waals surface area contributed by atoms with E-state index in [9.17, 15) is 4.79 Å². The molecule has 0 heterocycles. The molecule has 1 aliphatic rings. The van der Waals surface area contributed by atoms with E-state index in [1.165, 1.54) is 0 Å². The number of hydrogen-bond acceptors (Lipinski definition) is 4. The van der Waals surface area contributed by atoms with Crippen molar-refractivity contribution in [3.05, 3.63) is 21.7 Å². The number of aliphatic imine (C=N–C) groups is 1. The maximum Gasteiger partial charge on any atom is 0.235 e. The molecule has 2 rings (SSSR count). The van der Waals surface area contributed by atoms with Gasteiger partial charge in [-0.05, 0) is 41.8 Å². The molecule has 1 aliphatic carbocycles. The van der Waals surface area contributed by atoms with Crippen LogP contribution in [0.2, 0.25) is 0 Å². The van der Waals surface area contributed by atoms with Gasteiger partial charge >= 0.3 is 0 Å². The largest absolute Gasteiger partial charge is 0.496 e. The van der Waals surface area contributed by atoms with Gasteiger partial charge in [0, 0.05) is 11.1 Å². The second-order valence-electron chi connectivity index (χ2n) is 4.33. The number of hydrogen-bond donors (Lipinski definition) is 0. The highest BCUT2D eigenvalue weighted by Gasteiger charge is 2.47. The topological polar surface area (TPSA) is 47.9 Å². The summed E-state index contributed by atoms with van der Waals surface area (Å²) in [6.45, 7) is 1.92. The number of carbonyl (C=O) groups excluding carboxylic acids is 1. The maximum absolute atomic E-state index is 10.6. The van der Waals surface area contributed by atoms with Crippen molar-refractivity contribution >= 4 is 22.0 Å². The molecule has 96 valence electrons. The fraction of sp³-hybridized carbons (Fsp3) is 0.462.